The van der Waals surface area contributed by atoms with Gasteiger partial charge in [-0.05, 0) is 44.3 Å². The van der Waals surface area contributed by atoms with E-state index in [0.717, 1.165) is 31.1 Å². The highest BCUT2D eigenvalue weighted by molar-refractivity contribution is 5.17. The molecule has 2 nitrogen and oxygen atoms in total. The summed E-state index contributed by atoms with van der Waals surface area (Å²) in [4.78, 5) is 2.41. The van der Waals surface area contributed by atoms with Crippen LogP contribution in [0.4, 0.5) is 4.39 Å². The molecular weight excluding hydrogens is 227 g/mol. The Kier molecular flexibility index (Phi) is 3.62. The quantitative estimate of drug-likeness (QED) is 0.864. The molecule has 1 aromatic carbocycles. The maximum absolute atomic E-state index is 13.6. The van der Waals surface area contributed by atoms with Crippen LogP contribution in [0.2, 0.25) is 0 Å². The third-order valence-corrected chi connectivity index (χ3v) is 4.33. The molecule has 3 rings (SSSR count). The minimum atomic E-state index is -0.0682. The fourth-order valence-electron chi connectivity index (χ4n) is 3.33. The Morgan fingerprint density at radius 1 is 1.28 bits per heavy atom. The van der Waals surface area contributed by atoms with E-state index in [1.807, 2.05) is 12.1 Å². The van der Waals surface area contributed by atoms with Gasteiger partial charge in [-0.3, -0.25) is 4.90 Å². The lowest BCUT2D eigenvalue weighted by Gasteiger charge is -2.41. The van der Waals surface area contributed by atoms with Gasteiger partial charge in [0.2, 0.25) is 0 Å². The van der Waals surface area contributed by atoms with E-state index in [4.69, 9.17) is 0 Å². The number of halogens is 1. The highest BCUT2D eigenvalue weighted by atomic mass is 19.1. The second-order valence-electron chi connectivity index (χ2n) is 5.58. The summed E-state index contributed by atoms with van der Waals surface area (Å²) in [5, 5.41) is 3.62. The zero-order valence-corrected chi connectivity index (χ0v) is 10.7. The third kappa shape index (κ3) is 2.57. The normalized spacial score (nSPS) is 28.9. The highest BCUT2D eigenvalue weighted by Crippen LogP contribution is 2.26. The van der Waals surface area contributed by atoms with Crippen LogP contribution in [-0.4, -0.2) is 30.6 Å². The number of nitrogens with zero attached hydrogens (tertiary/aromatic N) is 1. The predicted octanol–water partition coefficient (Wildman–Crippen LogP) is 2.40. The van der Waals surface area contributed by atoms with Gasteiger partial charge in [0.25, 0.3) is 0 Å². The second-order valence-corrected chi connectivity index (χ2v) is 5.58. The number of piperidine rings is 2. The molecule has 0 bridgehead atoms. The first-order chi connectivity index (χ1) is 8.83. The first-order valence-electron chi connectivity index (χ1n) is 7.02. The van der Waals surface area contributed by atoms with Gasteiger partial charge in [0.15, 0.2) is 0 Å². The minimum Gasteiger partial charge on any atom is -0.314 e. The van der Waals surface area contributed by atoms with E-state index < -0.39 is 0 Å². The van der Waals surface area contributed by atoms with Crippen molar-refractivity contribution in [3.05, 3.63) is 35.6 Å². The molecule has 2 unspecified atom stereocenters. The van der Waals surface area contributed by atoms with Crippen LogP contribution in [0.1, 0.15) is 24.8 Å². The summed E-state index contributed by atoms with van der Waals surface area (Å²) in [5.41, 5.74) is 0.833. The zero-order valence-electron chi connectivity index (χ0n) is 10.7. The lowest BCUT2D eigenvalue weighted by atomic mass is 9.85. The Balaban J connectivity index is 1.63. The molecule has 1 N–H and O–H groups in total. The van der Waals surface area contributed by atoms with E-state index in [1.54, 1.807) is 12.1 Å². The SMILES string of the molecule is Fc1ccccc1CN1CCC2NCCCC2C1. The Morgan fingerprint density at radius 2 is 2.17 bits per heavy atom. The average molecular weight is 248 g/mol. The van der Waals surface area contributed by atoms with E-state index in [0.29, 0.717) is 6.04 Å². The van der Waals surface area contributed by atoms with Crippen molar-refractivity contribution in [2.24, 2.45) is 5.92 Å². The summed E-state index contributed by atoms with van der Waals surface area (Å²) in [6.07, 6.45) is 3.82. The number of nitrogens with one attached hydrogen (secondary N) is 1. The third-order valence-electron chi connectivity index (χ3n) is 4.33. The van der Waals surface area contributed by atoms with Gasteiger partial charge in [-0.1, -0.05) is 18.2 Å². The number of rotatable bonds is 2. The van der Waals surface area contributed by atoms with Crippen LogP contribution in [0.5, 0.6) is 0 Å². The van der Waals surface area contributed by atoms with Crippen molar-refractivity contribution in [2.45, 2.75) is 31.8 Å². The lowest BCUT2D eigenvalue weighted by molar-refractivity contribution is 0.108. The zero-order chi connectivity index (χ0) is 12.4. The predicted molar refractivity (Wildman–Crippen MR) is 70.8 cm³/mol. The van der Waals surface area contributed by atoms with Gasteiger partial charge in [0.1, 0.15) is 5.82 Å². The van der Waals surface area contributed by atoms with E-state index in [1.165, 1.54) is 25.8 Å². The van der Waals surface area contributed by atoms with Crippen molar-refractivity contribution in [3.63, 3.8) is 0 Å². The van der Waals surface area contributed by atoms with E-state index >= 15 is 0 Å². The van der Waals surface area contributed by atoms with Crippen molar-refractivity contribution < 1.29 is 4.39 Å². The smallest absolute Gasteiger partial charge is 0.127 e. The molecule has 2 atom stereocenters. The number of hydrogen-bond donors (Lipinski definition) is 1. The fourth-order valence-corrected chi connectivity index (χ4v) is 3.33. The maximum Gasteiger partial charge on any atom is 0.127 e. The number of likely N-dealkylation sites (tertiary alicyclic amines) is 1. The Labute approximate surface area is 108 Å². The van der Waals surface area contributed by atoms with Crippen molar-refractivity contribution in [2.75, 3.05) is 19.6 Å². The van der Waals surface area contributed by atoms with Crippen LogP contribution in [0.15, 0.2) is 24.3 Å². The van der Waals surface area contributed by atoms with Gasteiger partial charge in [-0.2, -0.15) is 0 Å². The summed E-state index contributed by atoms with van der Waals surface area (Å²) in [6, 6.07) is 7.85. The fraction of sp³-hybridized carbons (Fsp3) is 0.600. The summed E-state index contributed by atoms with van der Waals surface area (Å²) in [7, 11) is 0. The molecule has 98 valence electrons. The van der Waals surface area contributed by atoms with E-state index in [9.17, 15) is 4.39 Å². The second kappa shape index (κ2) is 5.37. The molecule has 0 aromatic heterocycles. The molecule has 18 heavy (non-hydrogen) atoms. The molecule has 0 spiro atoms. The average Bonchev–Trinajstić information content (AvgIpc) is 2.41. The van der Waals surface area contributed by atoms with Gasteiger partial charge in [-0.25, -0.2) is 4.39 Å². The highest BCUT2D eigenvalue weighted by Gasteiger charge is 2.30. The van der Waals surface area contributed by atoms with Crippen LogP contribution >= 0.6 is 0 Å². The molecule has 0 radical (unpaired) electrons. The molecule has 0 aliphatic carbocycles. The summed E-state index contributed by atoms with van der Waals surface area (Å²) in [5.74, 6) is 0.695. The van der Waals surface area contributed by atoms with Gasteiger partial charge in [-0.15, -0.1) is 0 Å². The van der Waals surface area contributed by atoms with Crippen LogP contribution in [0.3, 0.4) is 0 Å². The molecule has 2 aliphatic heterocycles. The molecule has 0 amide bonds. The standard InChI is InChI=1S/C15H21FN2/c16-14-6-2-1-4-12(14)10-18-9-7-15-13(11-18)5-3-8-17-15/h1-2,4,6,13,15,17H,3,5,7-11H2. The van der Waals surface area contributed by atoms with E-state index in [-0.39, 0.29) is 5.82 Å². The number of benzene rings is 1. The van der Waals surface area contributed by atoms with Crippen molar-refractivity contribution in [1.29, 1.82) is 0 Å². The van der Waals surface area contributed by atoms with Crippen molar-refractivity contribution in [1.82, 2.24) is 10.2 Å². The monoisotopic (exact) mass is 248 g/mol. The maximum atomic E-state index is 13.6. The van der Waals surface area contributed by atoms with Crippen LogP contribution in [0.25, 0.3) is 0 Å². The van der Waals surface area contributed by atoms with E-state index in [2.05, 4.69) is 10.2 Å². The Hall–Kier alpha value is -0.930. The van der Waals surface area contributed by atoms with Crippen molar-refractivity contribution >= 4 is 0 Å². The Bertz CT molecular complexity index is 407. The summed E-state index contributed by atoms with van der Waals surface area (Å²) in [6.45, 7) is 4.14. The van der Waals surface area contributed by atoms with Gasteiger partial charge < -0.3 is 5.32 Å². The molecule has 0 saturated carbocycles. The minimum absolute atomic E-state index is 0.0682. The molecule has 2 aliphatic rings. The molecule has 2 fully saturated rings. The first kappa shape index (κ1) is 12.1. The van der Waals surface area contributed by atoms with Gasteiger partial charge in [0.05, 0.1) is 0 Å². The van der Waals surface area contributed by atoms with Crippen LogP contribution in [0, 0.1) is 11.7 Å². The molecule has 2 saturated heterocycles. The summed E-state index contributed by atoms with van der Waals surface area (Å²) < 4.78 is 13.6. The van der Waals surface area contributed by atoms with Gasteiger partial charge >= 0.3 is 0 Å². The molecule has 1 aromatic rings. The van der Waals surface area contributed by atoms with Gasteiger partial charge in [0, 0.05) is 24.7 Å². The van der Waals surface area contributed by atoms with Crippen molar-refractivity contribution in [3.8, 4) is 0 Å². The molecule has 3 heteroatoms. The first-order valence-corrected chi connectivity index (χ1v) is 7.02. The largest absolute Gasteiger partial charge is 0.314 e. The van der Waals surface area contributed by atoms with Crippen LogP contribution in [-0.2, 0) is 6.54 Å². The lowest BCUT2D eigenvalue weighted by Crippen LogP contribution is -2.51. The number of fused-ring (bicyclic) bond motifs is 1. The number of hydrogen-bond acceptors (Lipinski definition) is 2. The summed E-state index contributed by atoms with van der Waals surface area (Å²) >= 11 is 0. The molecule has 2 heterocycles. The Morgan fingerprint density at radius 3 is 3.06 bits per heavy atom. The van der Waals surface area contributed by atoms with Crippen LogP contribution < -0.4 is 5.32 Å². The topological polar surface area (TPSA) is 15.3 Å². The molecular formula is C15H21FN2.